The molecule has 1 aromatic carbocycles. The third-order valence-electron chi connectivity index (χ3n) is 5.12. The molecule has 9 nitrogen and oxygen atoms in total. The van der Waals surface area contributed by atoms with Crippen molar-refractivity contribution in [3.63, 3.8) is 0 Å². The van der Waals surface area contributed by atoms with Gasteiger partial charge in [0.1, 0.15) is 17.3 Å². The Morgan fingerprint density at radius 3 is 2.63 bits per heavy atom. The first kappa shape index (κ1) is 19.6. The largest absolute Gasteiger partial charge is 0.364 e. The fraction of sp³-hybridized carbons (Fsp3) is 0.238. The molecular formula is C21H23N7O2. The van der Waals surface area contributed by atoms with E-state index in [9.17, 15) is 9.59 Å². The number of hydrogen-bond acceptors (Lipinski definition) is 6. The van der Waals surface area contributed by atoms with E-state index in [1.54, 1.807) is 36.5 Å². The lowest BCUT2D eigenvalue weighted by Gasteiger charge is -2.09. The second-order valence-electron chi connectivity index (χ2n) is 7.30. The molecule has 1 aliphatic rings. The summed E-state index contributed by atoms with van der Waals surface area (Å²) in [5.74, 6) is 6.26. The number of hydrogen-bond donors (Lipinski definition) is 4. The summed E-state index contributed by atoms with van der Waals surface area (Å²) in [7, 11) is 0. The number of amides is 2. The first-order valence-corrected chi connectivity index (χ1v) is 9.69. The molecule has 9 heteroatoms. The average molecular weight is 405 g/mol. The number of aromatic nitrogens is 3. The lowest BCUT2D eigenvalue weighted by molar-refractivity contribution is 0.0991. The SMILES string of the molecule is Cc1ccnc(NC(=O)c2ccc(-c3nc(C4CCCN4)n(N)c3C(N)=O)cc2)c1. The number of nitrogens with two attached hydrogens (primary N) is 2. The minimum absolute atomic E-state index is 0.0197. The minimum Gasteiger partial charge on any atom is -0.364 e. The van der Waals surface area contributed by atoms with Crippen LogP contribution in [0.4, 0.5) is 5.82 Å². The molecule has 3 aromatic rings. The van der Waals surface area contributed by atoms with Crippen LogP contribution in [0.5, 0.6) is 0 Å². The van der Waals surface area contributed by atoms with Gasteiger partial charge in [-0.15, -0.1) is 0 Å². The zero-order valence-corrected chi connectivity index (χ0v) is 16.6. The van der Waals surface area contributed by atoms with Crippen molar-refractivity contribution in [3.05, 3.63) is 65.2 Å². The van der Waals surface area contributed by atoms with Gasteiger partial charge in [0.25, 0.3) is 11.8 Å². The minimum atomic E-state index is -0.656. The second-order valence-corrected chi connectivity index (χ2v) is 7.30. The molecule has 0 radical (unpaired) electrons. The van der Waals surface area contributed by atoms with Crippen LogP contribution in [-0.2, 0) is 0 Å². The Morgan fingerprint density at radius 1 is 1.23 bits per heavy atom. The van der Waals surface area contributed by atoms with Gasteiger partial charge in [-0.05, 0) is 56.1 Å². The molecule has 0 saturated carbocycles. The number of aryl methyl sites for hydroxylation is 1. The van der Waals surface area contributed by atoms with E-state index in [-0.39, 0.29) is 17.6 Å². The average Bonchev–Trinajstić information content (AvgIpc) is 3.35. The quantitative estimate of drug-likeness (QED) is 0.477. The van der Waals surface area contributed by atoms with Crippen LogP contribution in [0.15, 0.2) is 42.6 Å². The molecule has 4 rings (SSSR count). The summed E-state index contributed by atoms with van der Waals surface area (Å²) < 4.78 is 1.27. The number of benzene rings is 1. The van der Waals surface area contributed by atoms with Crippen LogP contribution in [0.25, 0.3) is 11.3 Å². The van der Waals surface area contributed by atoms with Crippen LogP contribution < -0.4 is 22.2 Å². The Kier molecular flexibility index (Phi) is 5.20. The third-order valence-corrected chi connectivity index (χ3v) is 5.12. The van der Waals surface area contributed by atoms with E-state index in [1.807, 2.05) is 13.0 Å². The van der Waals surface area contributed by atoms with Crippen molar-refractivity contribution in [1.29, 1.82) is 0 Å². The van der Waals surface area contributed by atoms with Gasteiger partial charge in [-0.2, -0.15) is 0 Å². The Labute approximate surface area is 173 Å². The number of imidazole rings is 1. The highest BCUT2D eigenvalue weighted by atomic mass is 16.2. The summed E-state index contributed by atoms with van der Waals surface area (Å²) in [6, 6.07) is 10.4. The highest BCUT2D eigenvalue weighted by molar-refractivity contribution is 6.04. The summed E-state index contributed by atoms with van der Waals surface area (Å²) in [4.78, 5) is 33.3. The van der Waals surface area contributed by atoms with Gasteiger partial charge in [0.2, 0.25) is 0 Å². The topological polar surface area (TPSA) is 141 Å². The number of carbonyl (C=O) groups is 2. The lowest BCUT2D eigenvalue weighted by atomic mass is 10.1. The third kappa shape index (κ3) is 3.74. The van der Waals surface area contributed by atoms with Crippen molar-refractivity contribution >= 4 is 17.6 Å². The van der Waals surface area contributed by atoms with Gasteiger partial charge in [0.05, 0.1) is 6.04 Å². The number of primary amides is 1. The predicted octanol–water partition coefficient (Wildman–Crippen LogP) is 1.74. The lowest BCUT2D eigenvalue weighted by Crippen LogP contribution is -2.27. The van der Waals surface area contributed by atoms with E-state index in [0.29, 0.717) is 28.5 Å². The highest BCUT2D eigenvalue weighted by Crippen LogP contribution is 2.29. The molecule has 1 atom stereocenters. The molecular weight excluding hydrogens is 382 g/mol. The first-order valence-electron chi connectivity index (χ1n) is 9.69. The molecule has 154 valence electrons. The van der Waals surface area contributed by atoms with Gasteiger partial charge in [-0.3, -0.25) is 9.59 Å². The normalized spacial score (nSPS) is 15.8. The van der Waals surface area contributed by atoms with Gasteiger partial charge in [0.15, 0.2) is 5.69 Å². The van der Waals surface area contributed by atoms with Gasteiger partial charge < -0.3 is 22.2 Å². The van der Waals surface area contributed by atoms with Gasteiger partial charge in [-0.25, -0.2) is 14.6 Å². The zero-order chi connectivity index (χ0) is 21.3. The molecule has 1 fully saturated rings. The van der Waals surface area contributed by atoms with Crippen molar-refractivity contribution in [1.82, 2.24) is 20.0 Å². The smallest absolute Gasteiger partial charge is 0.269 e. The number of nitrogens with zero attached hydrogens (tertiary/aromatic N) is 3. The standard InChI is InChI=1S/C21H23N7O2/c1-12-8-10-25-16(11-12)26-21(30)14-6-4-13(5-7-14)17-18(19(22)29)28(23)20(27-17)15-3-2-9-24-15/h4-8,10-11,15,24H,2-3,9,23H2,1H3,(H2,22,29)(H,25,26,30). The highest BCUT2D eigenvalue weighted by Gasteiger charge is 2.27. The monoisotopic (exact) mass is 405 g/mol. The Hall–Kier alpha value is -3.72. The summed E-state index contributed by atoms with van der Waals surface area (Å²) in [5.41, 5.74) is 8.21. The van der Waals surface area contributed by atoms with E-state index in [1.165, 1.54) is 4.68 Å². The zero-order valence-electron chi connectivity index (χ0n) is 16.6. The van der Waals surface area contributed by atoms with Gasteiger partial charge >= 0.3 is 0 Å². The first-order chi connectivity index (χ1) is 14.4. The van der Waals surface area contributed by atoms with E-state index >= 15 is 0 Å². The Bertz CT molecular complexity index is 1100. The Balaban J connectivity index is 1.61. The molecule has 30 heavy (non-hydrogen) atoms. The number of anilines is 1. The van der Waals surface area contributed by atoms with E-state index < -0.39 is 5.91 Å². The maximum atomic E-state index is 12.5. The van der Waals surface area contributed by atoms with Crippen LogP contribution in [-0.4, -0.2) is 33.0 Å². The van der Waals surface area contributed by atoms with E-state index in [0.717, 1.165) is 24.9 Å². The van der Waals surface area contributed by atoms with E-state index in [4.69, 9.17) is 11.6 Å². The van der Waals surface area contributed by atoms with Crippen molar-refractivity contribution in [2.45, 2.75) is 25.8 Å². The number of rotatable bonds is 5. The predicted molar refractivity (Wildman–Crippen MR) is 113 cm³/mol. The molecule has 1 unspecified atom stereocenters. The van der Waals surface area contributed by atoms with Crippen LogP contribution in [0, 0.1) is 6.92 Å². The second kappa shape index (κ2) is 7.96. The molecule has 1 saturated heterocycles. The summed E-state index contributed by atoms with van der Waals surface area (Å²) >= 11 is 0. The van der Waals surface area contributed by atoms with E-state index in [2.05, 4.69) is 20.6 Å². The fourth-order valence-electron chi connectivity index (χ4n) is 3.61. The molecule has 2 aromatic heterocycles. The van der Waals surface area contributed by atoms with Crippen LogP contribution in [0.3, 0.4) is 0 Å². The summed E-state index contributed by atoms with van der Waals surface area (Å²) in [6.45, 7) is 2.80. The molecule has 0 aliphatic carbocycles. The maximum Gasteiger partial charge on any atom is 0.269 e. The summed E-state index contributed by atoms with van der Waals surface area (Å²) in [5, 5.41) is 6.09. The van der Waals surface area contributed by atoms with Crippen LogP contribution in [0.1, 0.15) is 51.1 Å². The fourth-order valence-corrected chi connectivity index (χ4v) is 3.61. The number of nitrogen functional groups attached to an aromatic ring is 1. The van der Waals surface area contributed by atoms with Crippen molar-refractivity contribution in [2.24, 2.45) is 5.73 Å². The molecule has 0 spiro atoms. The molecule has 3 heterocycles. The number of pyridine rings is 1. The summed E-state index contributed by atoms with van der Waals surface area (Å²) in [6.07, 6.45) is 3.54. The van der Waals surface area contributed by atoms with Gasteiger partial charge in [-0.1, -0.05) is 12.1 Å². The maximum absolute atomic E-state index is 12.5. The van der Waals surface area contributed by atoms with Crippen LogP contribution in [0.2, 0.25) is 0 Å². The van der Waals surface area contributed by atoms with Crippen molar-refractivity contribution in [3.8, 4) is 11.3 Å². The van der Waals surface area contributed by atoms with Gasteiger partial charge in [0, 0.05) is 17.3 Å². The van der Waals surface area contributed by atoms with Crippen LogP contribution >= 0.6 is 0 Å². The van der Waals surface area contributed by atoms with Crippen molar-refractivity contribution in [2.75, 3.05) is 17.7 Å². The molecule has 1 aliphatic heterocycles. The number of carbonyl (C=O) groups excluding carboxylic acids is 2. The van der Waals surface area contributed by atoms with Crippen molar-refractivity contribution < 1.29 is 9.59 Å². The Morgan fingerprint density at radius 2 is 2.00 bits per heavy atom. The number of nitrogens with one attached hydrogen (secondary N) is 2. The molecule has 6 N–H and O–H groups in total. The molecule has 2 amide bonds. The molecule has 0 bridgehead atoms.